The Bertz CT molecular complexity index is 209. The Kier molecular flexibility index (Phi) is 3.39. The van der Waals surface area contributed by atoms with Crippen molar-refractivity contribution < 1.29 is 4.74 Å². The van der Waals surface area contributed by atoms with E-state index in [2.05, 4.69) is 20.8 Å². The molecule has 1 aliphatic heterocycles. The quantitative estimate of drug-likeness (QED) is 0.621. The Morgan fingerprint density at radius 2 is 1.93 bits per heavy atom. The van der Waals surface area contributed by atoms with Crippen LogP contribution in [0.4, 0.5) is 0 Å². The van der Waals surface area contributed by atoms with Gasteiger partial charge in [-0.15, -0.1) is 0 Å². The van der Waals surface area contributed by atoms with E-state index in [1.54, 1.807) is 0 Å². The van der Waals surface area contributed by atoms with Gasteiger partial charge in [0.2, 0.25) is 0 Å². The molecule has 2 fully saturated rings. The molecule has 0 radical (unpaired) electrons. The average molecular weight is 210 g/mol. The third kappa shape index (κ3) is 3.21. The summed E-state index contributed by atoms with van der Waals surface area (Å²) < 4.78 is 5.59. The summed E-state index contributed by atoms with van der Waals surface area (Å²) in [5.41, 5.74) is 0.565. The maximum absolute atomic E-state index is 5.59. The van der Waals surface area contributed by atoms with Crippen LogP contribution in [-0.2, 0) is 4.74 Å². The molecule has 0 aromatic heterocycles. The second-order valence-corrected chi connectivity index (χ2v) is 6.34. The first-order valence-electron chi connectivity index (χ1n) is 6.76. The van der Waals surface area contributed by atoms with Crippen LogP contribution in [0.5, 0.6) is 0 Å². The van der Waals surface area contributed by atoms with Gasteiger partial charge in [-0.1, -0.05) is 27.2 Å². The number of hydrogen-bond donors (Lipinski definition) is 0. The monoisotopic (exact) mass is 210 g/mol. The minimum Gasteiger partial charge on any atom is -0.370 e. The lowest BCUT2D eigenvalue weighted by Gasteiger charge is -2.27. The summed E-state index contributed by atoms with van der Waals surface area (Å²) in [5.74, 6) is 0.963. The van der Waals surface area contributed by atoms with Crippen molar-refractivity contribution in [2.45, 2.75) is 77.9 Å². The lowest BCUT2D eigenvalue weighted by Crippen LogP contribution is -2.17. The van der Waals surface area contributed by atoms with E-state index in [1.807, 2.05) is 0 Å². The maximum Gasteiger partial charge on any atom is 0.0844 e. The molecule has 3 atom stereocenters. The molecule has 1 heteroatoms. The summed E-state index contributed by atoms with van der Waals surface area (Å²) >= 11 is 0. The van der Waals surface area contributed by atoms with Gasteiger partial charge < -0.3 is 4.74 Å². The molecule has 88 valence electrons. The zero-order valence-corrected chi connectivity index (χ0v) is 10.6. The van der Waals surface area contributed by atoms with Crippen LogP contribution in [0, 0.1) is 11.3 Å². The second-order valence-electron chi connectivity index (χ2n) is 6.34. The molecule has 0 bridgehead atoms. The first kappa shape index (κ1) is 11.4. The fraction of sp³-hybridized carbons (Fsp3) is 1.00. The smallest absolute Gasteiger partial charge is 0.0844 e. The summed E-state index contributed by atoms with van der Waals surface area (Å²) in [6, 6.07) is 0. The maximum atomic E-state index is 5.59. The van der Waals surface area contributed by atoms with Crippen LogP contribution in [-0.4, -0.2) is 12.2 Å². The molecular weight excluding hydrogens is 184 g/mol. The van der Waals surface area contributed by atoms with Crippen molar-refractivity contribution in [2.75, 3.05) is 0 Å². The lowest BCUT2D eigenvalue weighted by atomic mass is 9.78. The molecule has 1 saturated carbocycles. The average Bonchev–Trinajstić information content (AvgIpc) is 2.92. The highest BCUT2D eigenvalue weighted by molar-refractivity contribution is 4.92. The van der Waals surface area contributed by atoms with Gasteiger partial charge in [-0.25, -0.2) is 0 Å². The molecule has 0 N–H and O–H groups in total. The summed E-state index contributed by atoms with van der Waals surface area (Å²) in [7, 11) is 0. The van der Waals surface area contributed by atoms with E-state index in [0.717, 1.165) is 5.92 Å². The topological polar surface area (TPSA) is 12.5 Å². The summed E-state index contributed by atoms with van der Waals surface area (Å²) in [6.07, 6.45) is 11.0. The van der Waals surface area contributed by atoms with Crippen molar-refractivity contribution in [2.24, 2.45) is 11.3 Å². The first-order valence-corrected chi connectivity index (χ1v) is 6.76. The van der Waals surface area contributed by atoms with Crippen LogP contribution in [0.2, 0.25) is 0 Å². The van der Waals surface area contributed by atoms with Gasteiger partial charge in [0, 0.05) is 0 Å². The van der Waals surface area contributed by atoms with E-state index < -0.39 is 0 Å². The molecule has 15 heavy (non-hydrogen) atoms. The number of ether oxygens (including phenoxy) is 1. The molecule has 0 aromatic carbocycles. The van der Waals surface area contributed by atoms with Crippen LogP contribution in [0.15, 0.2) is 0 Å². The summed E-state index contributed by atoms with van der Waals surface area (Å²) in [5, 5.41) is 0. The zero-order valence-electron chi connectivity index (χ0n) is 10.6. The van der Waals surface area contributed by atoms with Gasteiger partial charge in [-0.2, -0.15) is 0 Å². The fourth-order valence-corrected chi connectivity index (χ4v) is 3.15. The molecule has 2 rings (SSSR count). The third-order valence-corrected chi connectivity index (χ3v) is 4.27. The second kappa shape index (κ2) is 4.45. The minimum atomic E-state index is 0.565. The van der Waals surface area contributed by atoms with E-state index in [-0.39, 0.29) is 0 Å². The van der Waals surface area contributed by atoms with E-state index in [0.29, 0.717) is 17.6 Å². The predicted octanol–water partition coefficient (Wildman–Crippen LogP) is 4.16. The standard InChI is InChI=1S/C14H26O/c1-4-8-14(2,3)9-7-11-5-6-12-13(10-11)15-12/h11-13H,4-10H2,1-3H3. The summed E-state index contributed by atoms with van der Waals surface area (Å²) in [6.45, 7) is 7.15. The van der Waals surface area contributed by atoms with Gasteiger partial charge in [-0.3, -0.25) is 0 Å². The highest BCUT2D eigenvalue weighted by Crippen LogP contribution is 2.42. The van der Waals surface area contributed by atoms with Gasteiger partial charge in [0.05, 0.1) is 12.2 Å². The molecule has 0 aromatic rings. The van der Waals surface area contributed by atoms with Crippen LogP contribution >= 0.6 is 0 Å². The van der Waals surface area contributed by atoms with Crippen molar-refractivity contribution in [3.05, 3.63) is 0 Å². The van der Waals surface area contributed by atoms with Crippen LogP contribution in [0.25, 0.3) is 0 Å². The van der Waals surface area contributed by atoms with Crippen molar-refractivity contribution >= 4 is 0 Å². The van der Waals surface area contributed by atoms with Crippen LogP contribution in [0.1, 0.15) is 65.7 Å². The normalized spacial score (nSPS) is 35.0. The molecule has 0 amide bonds. The Balaban J connectivity index is 1.68. The van der Waals surface area contributed by atoms with E-state index in [1.165, 1.54) is 44.9 Å². The molecule has 1 saturated heterocycles. The zero-order chi connectivity index (χ0) is 10.9. The number of epoxide rings is 1. The van der Waals surface area contributed by atoms with Gasteiger partial charge in [0.25, 0.3) is 0 Å². The Morgan fingerprint density at radius 1 is 1.13 bits per heavy atom. The molecule has 2 aliphatic rings. The van der Waals surface area contributed by atoms with E-state index in [9.17, 15) is 0 Å². The fourth-order valence-electron chi connectivity index (χ4n) is 3.15. The predicted molar refractivity (Wildman–Crippen MR) is 63.9 cm³/mol. The number of rotatable bonds is 5. The van der Waals surface area contributed by atoms with Gasteiger partial charge in [0.15, 0.2) is 0 Å². The minimum absolute atomic E-state index is 0.565. The van der Waals surface area contributed by atoms with Crippen molar-refractivity contribution in [1.82, 2.24) is 0 Å². The first-order chi connectivity index (χ1) is 7.11. The van der Waals surface area contributed by atoms with E-state index in [4.69, 9.17) is 4.74 Å². The Labute approximate surface area is 94.6 Å². The molecular formula is C14H26O. The Morgan fingerprint density at radius 3 is 2.60 bits per heavy atom. The van der Waals surface area contributed by atoms with Crippen molar-refractivity contribution in [3.8, 4) is 0 Å². The van der Waals surface area contributed by atoms with Gasteiger partial charge in [-0.05, 0) is 49.9 Å². The highest BCUT2D eigenvalue weighted by Gasteiger charge is 2.43. The molecule has 1 aliphatic carbocycles. The van der Waals surface area contributed by atoms with Gasteiger partial charge >= 0.3 is 0 Å². The van der Waals surface area contributed by atoms with Gasteiger partial charge in [0.1, 0.15) is 0 Å². The highest BCUT2D eigenvalue weighted by atomic mass is 16.6. The SMILES string of the molecule is CCCC(C)(C)CCC1CCC2OC2C1. The van der Waals surface area contributed by atoms with Crippen molar-refractivity contribution in [1.29, 1.82) is 0 Å². The van der Waals surface area contributed by atoms with Crippen LogP contribution < -0.4 is 0 Å². The molecule has 3 unspecified atom stereocenters. The number of fused-ring (bicyclic) bond motifs is 1. The molecule has 0 spiro atoms. The summed E-state index contributed by atoms with van der Waals surface area (Å²) in [4.78, 5) is 0. The van der Waals surface area contributed by atoms with Crippen LogP contribution in [0.3, 0.4) is 0 Å². The Hall–Kier alpha value is -0.0400. The largest absolute Gasteiger partial charge is 0.370 e. The van der Waals surface area contributed by atoms with Crippen molar-refractivity contribution in [3.63, 3.8) is 0 Å². The van der Waals surface area contributed by atoms with E-state index >= 15 is 0 Å². The number of hydrogen-bond acceptors (Lipinski definition) is 1. The molecule has 1 nitrogen and oxygen atoms in total. The lowest BCUT2D eigenvalue weighted by molar-refractivity contribution is 0.249. The molecule has 1 heterocycles. The third-order valence-electron chi connectivity index (χ3n) is 4.27.